The molecule has 2 aliphatic heterocycles. The first-order valence-electron chi connectivity index (χ1n) is 13.6. The Kier molecular flexibility index (Phi) is 9.19. The van der Waals surface area contributed by atoms with Crippen LogP contribution < -0.4 is 27.8 Å². The van der Waals surface area contributed by atoms with Crippen LogP contribution in [0.1, 0.15) is 56.2 Å². The molecule has 0 bridgehead atoms. The van der Waals surface area contributed by atoms with E-state index in [0.717, 1.165) is 11.1 Å². The highest BCUT2D eigenvalue weighted by Gasteiger charge is 2.47. The van der Waals surface area contributed by atoms with Crippen molar-refractivity contribution in [3.05, 3.63) is 71.8 Å². The molecule has 2 aromatic rings. The third-order valence-electron chi connectivity index (χ3n) is 7.80. The van der Waals surface area contributed by atoms with E-state index in [9.17, 15) is 14.4 Å². The minimum atomic E-state index is -0.879. The van der Waals surface area contributed by atoms with Crippen LogP contribution >= 0.6 is 0 Å². The summed E-state index contributed by atoms with van der Waals surface area (Å²) in [7, 11) is 0. The number of fused-ring (bicyclic) bond motifs is 1. The van der Waals surface area contributed by atoms with Crippen molar-refractivity contribution in [2.24, 2.45) is 28.1 Å². The quantitative estimate of drug-likeness (QED) is 0.239. The van der Waals surface area contributed by atoms with E-state index in [1.54, 1.807) is 4.90 Å². The number of hydrogen-bond donors (Lipinski definition) is 5. The minimum absolute atomic E-state index is 0.0762. The minimum Gasteiger partial charge on any atom is -0.370 e. The van der Waals surface area contributed by atoms with E-state index < -0.39 is 24.0 Å². The Morgan fingerprint density at radius 1 is 0.974 bits per heavy atom. The summed E-state index contributed by atoms with van der Waals surface area (Å²) in [4.78, 5) is 46.5. The first-order chi connectivity index (χ1) is 18.8. The lowest BCUT2D eigenvalue weighted by atomic mass is 9.93. The van der Waals surface area contributed by atoms with Gasteiger partial charge in [0.2, 0.25) is 17.7 Å². The molecule has 0 saturated carbocycles. The fourth-order valence-electron chi connectivity index (χ4n) is 5.63. The zero-order valence-corrected chi connectivity index (χ0v) is 22.3. The number of carbonyl (C=O) groups excluding carboxylic acids is 3. The molecule has 10 nitrogen and oxygen atoms in total. The lowest BCUT2D eigenvalue weighted by molar-refractivity contribution is -0.143. The van der Waals surface area contributed by atoms with E-state index in [0.29, 0.717) is 32.1 Å². The summed E-state index contributed by atoms with van der Waals surface area (Å²) in [5, 5.41) is 6.06. The van der Waals surface area contributed by atoms with E-state index in [4.69, 9.17) is 17.2 Å². The molecule has 3 amide bonds. The number of nitrogens with zero attached hydrogens (tertiary/aromatic N) is 2. The molecule has 2 aromatic carbocycles. The van der Waals surface area contributed by atoms with E-state index >= 15 is 0 Å². The predicted molar refractivity (Wildman–Crippen MR) is 150 cm³/mol. The highest BCUT2D eigenvalue weighted by atomic mass is 16.2. The van der Waals surface area contributed by atoms with Crippen LogP contribution in [0.15, 0.2) is 65.7 Å². The number of benzene rings is 2. The van der Waals surface area contributed by atoms with Gasteiger partial charge in [-0.25, -0.2) is 0 Å². The second-order valence-electron chi connectivity index (χ2n) is 10.4. The van der Waals surface area contributed by atoms with Crippen LogP contribution in [0.25, 0.3) is 0 Å². The summed E-state index contributed by atoms with van der Waals surface area (Å²) in [5.74, 6) is -1.31. The molecule has 5 atom stereocenters. The van der Waals surface area contributed by atoms with Gasteiger partial charge in [0.25, 0.3) is 0 Å². The number of carbonyl (C=O) groups is 3. The highest BCUT2D eigenvalue weighted by molar-refractivity contribution is 5.94. The van der Waals surface area contributed by atoms with Gasteiger partial charge in [-0.05, 0) is 43.2 Å². The standard InChI is InChI=1S/C29H39N7O3/c1-2-22(30)26(37)35-25-20(17-33-29(31)32)13-14-21-15-16-23(36(21)28(25)39)27(38)34-24(18-9-5-3-6-10-18)19-11-7-4-8-12-19/h3-12,20-25H,2,13-17,30H2,1H3,(H,34,38)(H,35,37)(H4,31,32,33)/t20?,21?,22-,23?,25?/m0/s1. The summed E-state index contributed by atoms with van der Waals surface area (Å²) < 4.78 is 0. The van der Waals surface area contributed by atoms with Gasteiger partial charge in [-0.2, -0.15) is 0 Å². The van der Waals surface area contributed by atoms with Crippen LogP contribution in [0.5, 0.6) is 0 Å². The SMILES string of the molecule is CC[C@H](N)C(=O)NC1C(=O)N2C(CCC1CN=C(N)N)CCC2C(=O)NC(c1ccccc1)c1ccccc1. The second-order valence-corrected chi connectivity index (χ2v) is 10.4. The number of hydrogen-bond acceptors (Lipinski definition) is 5. The van der Waals surface area contributed by atoms with Gasteiger partial charge in [-0.3, -0.25) is 19.4 Å². The summed E-state index contributed by atoms with van der Waals surface area (Å²) in [6, 6.07) is 16.8. The van der Waals surface area contributed by atoms with Crippen molar-refractivity contribution in [3.63, 3.8) is 0 Å². The molecule has 2 heterocycles. The van der Waals surface area contributed by atoms with Crippen molar-refractivity contribution in [3.8, 4) is 0 Å². The van der Waals surface area contributed by atoms with Crippen LogP contribution in [-0.2, 0) is 14.4 Å². The third kappa shape index (κ3) is 6.57. The highest BCUT2D eigenvalue weighted by Crippen LogP contribution is 2.35. The Bertz CT molecular complexity index is 1130. The molecule has 0 spiro atoms. The predicted octanol–water partition coefficient (Wildman–Crippen LogP) is 1.16. The van der Waals surface area contributed by atoms with Gasteiger partial charge in [0.05, 0.1) is 12.1 Å². The molecule has 10 heteroatoms. The van der Waals surface area contributed by atoms with Gasteiger partial charge >= 0.3 is 0 Å². The maximum absolute atomic E-state index is 14.0. The summed E-state index contributed by atoms with van der Waals surface area (Å²) in [6.07, 6.45) is 3.00. The Labute approximate surface area is 229 Å². The molecule has 208 valence electrons. The summed E-state index contributed by atoms with van der Waals surface area (Å²) >= 11 is 0. The number of amides is 3. The number of nitrogens with two attached hydrogens (primary N) is 3. The normalized spacial score (nSPS) is 23.5. The molecule has 39 heavy (non-hydrogen) atoms. The van der Waals surface area contributed by atoms with Crippen LogP contribution in [0.4, 0.5) is 0 Å². The van der Waals surface area contributed by atoms with Gasteiger partial charge in [-0.15, -0.1) is 0 Å². The first-order valence-corrected chi connectivity index (χ1v) is 13.6. The van der Waals surface area contributed by atoms with Gasteiger partial charge in [0.15, 0.2) is 5.96 Å². The van der Waals surface area contributed by atoms with Crippen molar-refractivity contribution in [2.45, 2.75) is 69.2 Å². The fourth-order valence-corrected chi connectivity index (χ4v) is 5.63. The van der Waals surface area contributed by atoms with Gasteiger partial charge < -0.3 is 32.7 Å². The van der Waals surface area contributed by atoms with Crippen molar-refractivity contribution in [2.75, 3.05) is 6.54 Å². The average molecular weight is 534 g/mol. The zero-order valence-electron chi connectivity index (χ0n) is 22.3. The summed E-state index contributed by atoms with van der Waals surface area (Å²) in [6.45, 7) is 2.00. The Balaban J connectivity index is 1.60. The lowest BCUT2D eigenvalue weighted by Crippen LogP contribution is -2.58. The van der Waals surface area contributed by atoms with Gasteiger partial charge in [0.1, 0.15) is 12.1 Å². The van der Waals surface area contributed by atoms with Crippen molar-refractivity contribution in [1.82, 2.24) is 15.5 Å². The van der Waals surface area contributed by atoms with Crippen molar-refractivity contribution >= 4 is 23.7 Å². The zero-order chi connectivity index (χ0) is 27.9. The molecule has 0 aromatic heterocycles. The van der Waals surface area contributed by atoms with Crippen LogP contribution in [0.2, 0.25) is 0 Å². The largest absolute Gasteiger partial charge is 0.370 e. The lowest BCUT2D eigenvalue weighted by Gasteiger charge is -2.33. The Hall–Kier alpha value is -3.92. The fraction of sp³-hybridized carbons (Fsp3) is 0.448. The van der Waals surface area contributed by atoms with Crippen LogP contribution in [-0.4, -0.2) is 59.3 Å². The van der Waals surface area contributed by atoms with Gasteiger partial charge in [0, 0.05) is 18.5 Å². The molecule has 2 saturated heterocycles. The molecule has 0 aliphatic carbocycles. The van der Waals surface area contributed by atoms with Crippen molar-refractivity contribution < 1.29 is 14.4 Å². The first kappa shape index (κ1) is 28.1. The third-order valence-corrected chi connectivity index (χ3v) is 7.80. The molecule has 0 radical (unpaired) electrons. The Morgan fingerprint density at radius 3 is 2.13 bits per heavy atom. The molecular formula is C29H39N7O3. The maximum atomic E-state index is 14.0. The average Bonchev–Trinajstić information content (AvgIpc) is 3.33. The number of aliphatic imine (C=N–C) groups is 1. The van der Waals surface area contributed by atoms with E-state index in [1.165, 1.54) is 0 Å². The summed E-state index contributed by atoms with van der Waals surface area (Å²) in [5.41, 5.74) is 19.0. The number of rotatable bonds is 9. The number of guanidine groups is 1. The van der Waals surface area contributed by atoms with Crippen molar-refractivity contribution in [1.29, 1.82) is 0 Å². The van der Waals surface area contributed by atoms with Gasteiger partial charge in [-0.1, -0.05) is 67.6 Å². The second kappa shape index (κ2) is 12.8. The molecule has 4 rings (SSSR count). The topological polar surface area (TPSA) is 169 Å². The van der Waals surface area contributed by atoms with E-state index in [2.05, 4.69) is 15.6 Å². The molecule has 2 aliphatic rings. The molecular weight excluding hydrogens is 494 g/mol. The van der Waals surface area contributed by atoms with E-state index in [1.807, 2.05) is 67.6 Å². The maximum Gasteiger partial charge on any atom is 0.246 e. The smallest absolute Gasteiger partial charge is 0.246 e. The monoisotopic (exact) mass is 533 g/mol. The van der Waals surface area contributed by atoms with Crippen LogP contribution in [0.3, 0.4) is 0 Å². The number of nitrogens with one attached hydrogen (secondary N) is 2. The van der Waals surface area contributed by atoms with Crippen LogP contribution in [0, 0.1) is 5.92 Å². The Morgan fingerprint density at radius 2 is 1.56 bits per heavy atom. The van der Waals surface area contributed by atoms with E-state index in [-0.39, 0.29) is 42.3 Å². The molecule has 2 fully saturated rings. The molecule has 4 unspecified atom stereocenters. The molecule has 8 N–H and O–H groups in total.